The molecule has 0 saturated carbocycles. The number of aliphatic imine (C=N–C) groups is 1. The Balaban J connectivity index is 2.57. The molecule has 5 N–H and O–H groups in total. The van der Waals surface area contributed by atoms with Gasteiger partial charge in [0.2, 0.25) is 0 Å². The highest BCUT2D eigenvalue weighted by atomic mass is 16.3. The molecule has 0 aliphatic carbocycles. The van der Waals surface area contributed by atoms with Gasteiger partial charge in [0.1, 0.15) is 12.3 Å². The molecule has 0 aliphatic heterocycles. The number of carbonyl (C=O) groups excluding carboxylic acids is 1. The fourth-order valence-corrected chi connectivity index (χ4v) is 1.10. The zero-order chi connectivity index (χ0) is 12.1. The largest absolute Gasteiger partial charge is 0.454 e. The Morgan fingerprint density at radius 3 is 2.69 bits per heavy atom. The summed E-state index contributed by atoms with van der Waals surface area (Å²) >= 11 is 0. The Kier molecular flexibility index (Phi) is 3.93. The number of hydrogen-bond donors (Lipinski definition) is 3. The van der Waals surface area contributed by atoms with E-state index in [1.807, 2.05) is 13.8 Å². The lowest BCUT2D eigenvalue weighted by molar-refractivity contribution is 0.0972. The summed E-state index contributed by atoms with van der Waals surface area (Å²) in [6.45, 7) is 4.19. The molecule has 6 heteroatoms. The Morgan fingerprint density at radius 2 is 2.19 bits per heavy atom. The maximum atomic E-state index is 10.8. The number of nitrogens with zero attached hydrogens (tertiary/aromatic N) is 1. The number of nitrogens with one attached hydrogen (secondary N) is 1. The molecule has 0 aromatic carbocycles. The van der Waals surface area contributed by atoms with Crippen molar-refractivity contribution in [3.63, 3.8) is 0 Å². The van der Waals surface area contributed by atoms with Crippen molar-refractivity contribution in [2.45, 2.75) is 26.4 Å². The molecule has 0 aliphatic rings. The van der Waals surface area contributed by atoms with E-state index >= 15 is 0 Å². The first-order valence-corrected chi connectivity index (χ1v) is 4.94. The van der Waals surface area contributed by atoms with Crippen molar-refractivity contribution in [2.75, 3.05) is 0 Å². The van der Waals surface area contributed by atoms with E-state index in [-0.39, 0.29) is 18.3 Å². The summed E-state index contributed by atoms with van der Waals surface area (Å²) in [5.41, 5.74) is 10.6. The van der Waals surface area contributed by atoms with Gasteiger partial charge in [-0.05, 0) is 26.0 Å². The molecule has 0 unspecified atom stereocenters. The smallest absolute Gasteiger partial charge is 0.284 e. The maximum Gasteiger partial charge on any atom is 0.284 e. The zero-order valence-electron chi connectivity index (χ0n) is 9.36. The van der Waals surface area contributed by atoms with Crippen LogP contribution in [0, 0.1) is 0 Å². The van der Waals surface area contributed by atoms with E-state index in [4.69, 9.17) is 15.9 Å². The molecule has 0 radical (unpaired) electrons. The second-order valence-electron chi connectivity index (χ2n) is 3.63. The van der Waals surface area contributed by atoms with Crippen molar-refractivity contribution >= 4 is 11.9 Å². The van der Waals surface area contributed by atoms with Gasteiger partial charge in [0.15, 0.2) is 11.7 Å². The van der Waals surface area contributed by atoms with Crippen LogP contribution < -0.4 is 16.8 Å². The van der Waals surface area contributed by atoms with Crippen molar-refractivity contribution in [3.05, 3.63) is 23.7 Å². The van der Waals surface area contributed by atoms with E-state index in [1.165, 1.54) is 6.07 Å². The van der Waals surface area contributed by atoms with E-state index in [1.54, 1.807) is 6.07 Å². The molecule has 6 nitrogen and oxygen atoms in total. The van der Waals surface area contributed by atoms with E-state index < -0.39 is 5.91 Å². The molecule has 0 fully saturated rings. The van der Waals surface area contributed by atoms with Gasteiger partial charge in [-0.15, -0.1) is 0 Å². The number of rotatable bonds is 4. The van der Waals surface area contributed by atoms with Crippen LogP contribution in [0.2, 0.25) is 0 Å². The SMILES string of the molecule is CC(C)NC(N)=NCc1ccc(C(N)=O)o1. The third-order valence-electron chi connectivity index (χ3n) is 1.75. The van der Waals surface area contributed by atoms with Crippen LogP contribution in [0.4, 0.5) is 0 Å². The van der Waals surface area contributed by atoms with E-state index in [0.717, 1.165) is 0 Å². The van der Waals surface area contributed by atoms with Crippen LogP contribution in [0.15, 0.2) is 21.5 Å². The van der Waals surface area contributed by atoms with Gasteiger partial charge >= 0.3 is 0 Å². The summed E-state index contributed by atoms with van der Waals surface area (Å²) < 4.78 is 5.14. The summed E-state index contributed by atoms with van der Waals surface area (Å²) in [7, 11) is 0. The molecule has 1 rings (SSSR count). The number of guanidine groups is 1. The van der Waals surface area contributed by atoms with Crippen molar-refractivity contribution in [1.29, 1.82) is 0 Å². The van der Waals surface area contributed by atoms with Crippen LogP contribution in [-0.2, 0) is 6.54 Å². The minimum Gasteiger partial charge on any atom is -0.454 e. The third kappa shape index (κ3) is 3.64. The van der Waals surface area contributed by atoms with Gasteiger partial charge in [-0.25, -0.2) is 4.99 Å². The van der Waals surface area contributed by atoms with Crippen molar-refractivity contribution in [1.82, 2.24) is 5.32 Å². The lowest BCUT2D eigenvalue weighted by Gasteiger charge is -2.07. The van der Waals surface area contributed by atoms with Gasteiger partial charge in [-0.1, -0.05) is 0 Å². The van der Waals surface area contributed by atoms with Crippen molar-refractivity contribution in [2.24, 2.45) is 16.5 Å². The lowest BCUT2D eigenvalue weighted by Crippen LogP contribution is -2.36. The normalized spacial score (nSPS) is 11.8. The Labute approximate surface area is 93.7 Å². The molecule has 1 aromatic heterocycles. The lowest BCUT2D eigenvalue weighted by atomic mass is 10.4. The fraction of sp³-hybridized carbons (Fsp3) is 0.400. The molecule has 1 amide bonds. The number of furan rings is 1. The number of amides is 1. The van der Waals surface area contributed by atoms with Crippen LogP contribution in [0.5, 0.6) is 0 Å². The van der Waals surface area contributed by atoms with Crippen molar-refractivity contribution in [3.8, 4) is 0 Å². The van der Waals surface area contributed by atoms with Crippen LogP contribution in [0.25, 0.3) is 0 Å². The number of primary amides is 1. The van der Waals surface area contributed by atoms with E-state index in [9.17, 15) is 4.79 Å². The molecule has 0 saturated heterocycles. The second kappa shape index (κ2) is 5.20. The topological polar surface area (TPSA) is 107 Å². The third-order valence-corrected chi connectivity index (χ3v) is 1.75. The maximum absolute atomic E-state index is 10.8. The summed E-state index contributed by atoms with van der Waals surface area (Å²) in [4.78, 5) is 14.8. The molecule has 1 aromatic rings. The molecule has 0 atom stereocenters. The van der Waals surface area contributed by atoms with Gasteiger partial charge in [0.05, 0.1) is 0 Å². The molecule has 0 bridgehead atoms. The zero-order valence-corrected chi connectivity index (χ0v) is 9.36. The number of carbonyl (C=O) groups is 1. The predicted molar refractivity (Wildman–Crippen MR) is 60.8 cm³/mol. The molecule has 88 valence electrons. The van der Waals surface area contributed by atoms with Crippen molar-refractivity contribution < 1.29 is 9.21 Å². The first-order valence-electron chi connectivity index (χ1n) is 4.94. The minimum atomic E-state index is -0.594. The standard InChI is InChI=1S/C10H16N4O2/c1-6(2)14-10(12)13-5-7-3-4-8(16-7)9(11)15/h3-4,6H,5H2,1-2H3,(H2,11,15)(H3,12,13,14). The molecular formula is C10H16N4O2. The van der Waals surface area contributed by atoms with E-state index in [0.29, 0.717) is 11.7 Å². The summed E-state index contributed by atoms with van der Waals surface area (Å²) in [6, 6.07) is 3.38. The van der Waals surface area contributed by atoms with Crippen LogP contribution >= 0.6 is 0 Å². The van der Waals surface area contributed by atoms with Gasteiger partial charge in [0, 0.05) is 6.04 Å². The van der Waals surface area contributed by atoms with Crippen LogP contribution in [0.1, 0.15) is 30.2 Å². The van der Waals surface area contributed by atoms with Crippen LogP contribution in [0.3, 0.4) is 0 Å². The van der Waals surface area contributed by atoms with Gasteiger partial charge < -0.3 is 21.2 Å². The quantitative estimate of drug-likeness (QED) is 0.501. The number of nitrogens with two attached hydrogens (primary N) is 2. The first-order chi connectivity index (χ1) is 7.49. The highest BCUT2D eigenvalue weighted by Crippen LogP contribution is 2.07. The second-order valence-corrected chi connectivity index (χ2v) is 3.63. The minimum absolute atomic E-state index is 0.126. The monoisotopic (exact) mass is 224 g/mol. The van der Waals surface area contributed by atoms with Gasteiger partial charge in [0.25, 0.3) is 5.91 Å². The Hall–Kier alpha value is -1.98. The molecule has 16 heavy (non-hydrogen) atoms. The average Bonchev–Trinajstić information content (AvgIpc) is 2.61. The highest BCUT2D eigenvalue weighted by Gasteiger charge is 2.06. The molecule has 0 spiro atoms. The molecule has 1 heterocycles. The number of hydrogen-bond acceptors (Lipinski definition) is 3. The first kappa shape index (κ1) is 12.1. The Morgan fingerprint density at radius 1 is 1.50 bits per heavy atom. The average molecular weight is 224 g/mol. The highest BCUT2D eigenvalue weighted by molar-refractivity contribution is 5.89. The van der Waals surface area contributed by atoms with Gasteiger partial charge in [-0.2, -0.15) is 0 Å². The fourth-order valence-electron chi connectivity index (χ4n) is 1.10. The molecular weight excluding hydrogens is 208 g/mol. The van der Waals surface area contributed by atoms with Crippen LogP contribution in [-0.4, -0.2) is 17.9 Å². The predicted octanol–water partition coefficient (Wildman–Crippen LogP) is 0.191. The van der Waals surface area contributed by atoms with Gasteiger partial charge in [-0.3, -0.25) is 4.79 Å². The Bertz CT molecular complexity index is 395. The summed E-state index contributed by atoms with van der Waals surface area (Å²) in [5, 5.41) is 2.94. The summed E-state index contributed by atoms with van der Waals surface area (Å²) in [5.74, 6) is 0.415. The van der Waals surface area contributed by atoms with E-state index in [2.05, 4.69) is 10.3 Å². The summed E-state index contributed by atoms with van der Waals surface area (Å²) in [6.07, 6.45) is 0.